The van der Waals surface area contributed by atoms with Crippen LogP contribution >= 0.6 is 0 Å². The molecule has 92 valence electrons. The van der Waals surface area contributed by atoms with Crippen LogP contribution in [0.1, 0.15) is 23.7 Å². The first kappa shape index (κ1) is 13.3. The Kier molecular flexibility index (Phi) is 4.76. The predicted octanol–water partition coefficient (Wildman–Crippen LogP) is 2.88. The van der Waals surface area contributed by atoms with Crippen molar-refractivity contribution in [3.63, 3.8) is 0 Å². The van der Waals surface area contributed by atoms with E-state index in [0.29, 0.717) is 5.56 Å². The Morgan fingerprint density at radius 2 is 2.06 bits per heavy atom. The monoisotopic (exact) mass is 233 g/mol. The molecule has 17 heavy (non-hydrogen) atoms. The molecule has 1 aromatic rings. The second-order valence-electron chi connectivity index (χ2n) is 3.97. The number of carbonyl (C=O) groups is 1. The molecule has 0 radical (unpaired) electrons. The summed E-state index contributed by atoms with van der Waals surface area (Å²) >= 11 is 0. The Labute approximate surface area is 103 Å². The smallest absolute Gasteiger partial charge is 0.339 e. The van der Waals surface area contributed by atoms with Crippen molar-refractivity contribution in [3.05, 3.63) is 42.0 Å². The van der Waals surface area contributed by atoms with Gasteiger partial charge in [-0.15, -0.1) is 0 Å². The standard InChI is InChI=1S/C14H19NO2/c1-5-11(2)10-15(3)13-9-7-6-8-12(13)14(16)17-4/h6-9H,2,5,10H2,1,3-4H3. The van der Waals surface area contributed by atoms with E-state index in [1.165, 1.54) is 7.11 Å². The number of hydrogen-bond donors (Lipinski definition) is 0. The lowest BCUT2D eigenvalue weighted by atomic mass is 10.1. The Morgan fingerprint density at radius 1 is 1.41 bits per heavy atom. The van der Waals surface area contributed by atoms with Crippen molar-refractivity contribution in [3.8, 4) is 0 Å². The first-order valence-electron chi connectivity index (χ1n) is 5.65. The zero-order valence-electron chi connectivity index (χ0n) is 10.7. The lowest BCUT2D eigenvalue weighted by Crippen LogP contribution is -2.22. The number of methoxy groups -OCH3 is 1. The number of rotatable bonds is 5. The fourth-order valence-corrected chi connectivity index (χ4v) is 1.62. The lowest BCUT2D eigenvalue weighted by molar-refractivity contribution is 0.0601. The van der Waals surface area contributed by atoms with Crippen molar-refractivity contribution >= 4 is 11.7 Å². The largest absolute Gasteiger partial charge is 0.465 e. The molecule has 1 rings (SSSR count). The number of para-hydroxylation sites is 1. The average Bonchev–Trinajstić information content (AvgIpc) is 2.37. The van der Waals surface area contributed by atoms with Gasteiger partial charge < -0.3 is 9.64 Å². The first-order valence-corrected chi connectivity index (χ1v) is 5.65. The van der Waals surface area contributed by atoms with Crippen LogP contribution in [0, 0.1) is 0 Å². The maximum absolute atomic E-state index is 11.6. The minimum atomic E-state index is -0.311. The van der Waals surface area contributed by atoms with Gasteiger partial charge in [0.15, 0.2) is 0 Å². The van der Waals surface area contributed by atoms with Crippen LogP contribution in [0.4, 0.5) is 5.69 Å². The summed E-state index contributed by atoms with van der Waals surface area (Å²) in [6.45, 7) is 6.79. The van der Waals surface area contributed by atoms with Crippen molar-refractivity contribution in [2.45, 2.75) is 13.3 Å². The summed E-state index contributed by atoms with van der Waals surface area (Å²) in [7, 11) is 3.34. The lowest BCUT2D eigenvalue weighted by Gasteiger charge is -2.22. The summed E-state index contributed by atoms with van der Waals surface area (Å²) in [5.74, 6) is -0.311. The second kappa shape index (κ2) is 6.09. The van der Waals surface area contributed by atoms with E-state index >= 15 is 0 Å². The Balaban J connectivity index is 2.96. The number of carbonyl (C=O) groups excluding carboxylic acids is 1. The summed E-state index contributed by atoms with van der Waals surface area (Å²) < 4.78 is 4.77. The molecule has 0 heterocycles. The van der Waals surface area contributed by atoms with Crippen molar-refractivity contribution in [2.24, 2.45) is 0 Å². The van der Waals surface area contributed by atoms with Crippen LogP contribution in [-0.4, -0.2) is 26.7 Å². The molecule has 3 nitrogen and oxygen atoms in total. The summed E-state index contributed by atoms with van der Waals surface area (Å²) in [6.07, 6.45) is 0.935. The first-order chi connectivity index (χ1) is 8.10. The Morgan fingerprint density at radius 3 is 2.65 bits per heavy atom. The van der Waals surface area contributed by atoms with E-state index in [2.05, 4.69) is 13.5 Å². The number of ether oxygens (including phenoxy) is 1. The van der Waals surface area contributed by atoms with Gasteiger partial charge in [-0.1, -0.05) is 31.2 Å². The fraction of sp³-hybridized carbons (Fsp3) is 0.357. The van der Waals surface area contributed by atoms with Crippen LogP contribution in [0.5, 0.6) is 0 Å². The molecule has 0 atom stereocenters. The molecule has 0 aliphatic rings. The molecule has 0 N–H and O–H groups in total. The third kappa shape index (κ3) is 3.34. The summed E-state index contributed by atoms with van der Waals surface area (Å²) in [5.41, 5.74) is 2.59. The van der Waals surface area contributed by atoms with Crippen LogP contribution in [0.25, 0.3) is 0 Å². The molecule has 0 aromatic heterocycles. The van der Waals surface area contributed by atoms with Gasteiger partial charge in [-0.3, -0.25) is 0 Å². The van der Waals surface area contributed by atoms with Crippen molar-refractivity contribution < 1.29 is 9.53 Å². The Hall–Kier alpha value is -1.77. The quantitative estimate of drug-likeness (QED) is 0.578. The molecular formula is C14H19NO2. The molecule has 0 fully saturated rings. The third-order valence-corrected chi connectivity index (χ3v) is 2.68. The molecule has 0 saturated heterocycles. The highest BCUT2D eigenvalue weighted by atomic mass is 16.5. The molecule has 0 spiro atoms. The van der Waals surface area contributed by atoms with Gasteiger partial charge in [0.05, 0.1) is 18.4 Å². The van der Waals surface area contributed by atoms with E-state index in [0.717, 1.165) is 24.2 Å². The van der Waals surface area contributed by atoms with Gasteiger partial charge in [-0.25, -0.2) is 4.79 Å². The van der Waals surface area contributed by atoms with Crippen molar-refractivity contribution in [1.29, 1.82) is 0 Å². The van der Waals surface area contributed by atoms with E-state index in [4.69, 9.17) is 4.74 Å². The number of anilines is 1. The Bertz CT molecular complexity index is 412. The highest BCUT2D eigenvalue weighted by molar-refractivity contribution is 5.95. The van der Waals surface area contributed by atoms with Gasteiger partial charge in [0.1, 0.15) is 0 Å². The summed E-state index contributed by atoms with van der Waals surface area (Å²) in [5, 5.41) is 0. The molecule has 3 heteroatoms. The zero-order valence-corrected chi connectivity index (χ0v) is 10.7. The molecule has 0 aliphatic carbocycles. The summed E-state index contributed by atoms with van der Waals surface area (Å²) in [4.78, 5) is 13.6. The van der Waals surface area contributed by atoms with Gasteiger partial charge in [0, 0.05) is 13.6 Å². The number of hydrogen-bond acceptors (Lipinski definition) is 3. The van der Waals surface area contributed by atoms with Gasteiger partial charge in [-0.05, 0) is 18.6 Å². The highest BCUT2D eigenvalue weighted by Crippen LogP contribution is 2.20. The van der Waals surface area contributed by atoms with E-state index < -0.39 is 0 Å². The normalized spacial score (nSPS) is 9.82. The van der Waals surface area contributed by atoms with E-state index in [9.17, 15) is 4.79 Å². The zero-order chi connectivity index (χ0) is 12.8. The van der Waals surface area contributed by atoms with Crippen molar-refractivity contribution in [2.75, 3.05) is 25.6 Å². The van der Waals surface area contributed by atoms with Gasteiger partial charge in [0.25, 0.3) is 0 Å². The maximum Gasteiger partial charge on any atom is 0.339 e. The van der Waals surface area contributed by atoms with Crippen molar-refractivity contribution in [1.82, 2.24) is 0 Å². The van der Waals surface area contributed by atoms with Gasteiger partial charge in [0.2, 0.25) is 0 Å². The van der Waals surface area contributed by atoms with Gasteiger partial charge in [-0.2, -0.15) is 0 Å². The molecular weight excluding hydrogens is 214 g/mol. The minimum Gasteiger partial charge on any atom is -0.465 e. The molecule has 0 aliphatic heterocycles. The van der Waals surface area contributed by atoms with Crippen LogP contribution in [-0.2, 0) is 4.74 Å². The summed E-state index contributed by atoms with van der Waals surface area (Å²) in [6, 6.07) is 7.42. The topological polar surface area (TPSA) is 29.5 Å². The van der Waals surface area contributed by atoms with Crippen LogP contribution in [0.15, 0.2) is 36.4 Å². The van der Waals surface area contributed by atoms with E-state index in [1.807, 2.05) is 30.1 Å². The third-order valence-electron chi connectivity index (χ3n) is 2.68. The van der Waals surface area contributed by atoms with E-state index in [1.54, 1.807) is 6.07 Å². The number of esters is 1. The maximum atomic E-state index is 11.6. The molecule has 0 amide bonds. The number of nitrogens with zero attached hydrogens (tertiary/aromatic N) is 1. The predicted molar refractivity (Wildman–Crippen MR) is 70.5 cm³/mol. The average molecular weight is 233 g/mol. The molecule has 0 saturated carbocycles. The number of benzene rings is 1. The van der Waals surface area contributed by atoms with E-state index in [-0.39, 0.29) is 5.97 Å². The van der Waals surface area contributed by atoms with Crippen LogP contribution < -0.4 is 4.90 Å². The minimum absolute atomic E-state index is 0.311. The molecule has 0 bridgehead atoms. The number of likely N-dealkylation sites (N-methyl/N-ethyl adjacent to an activating group) is 1. The van der Waals surface area contributed by atoms with Crippen LogP contribution in [0.2, 0.25) is 0 Å². The second-order valence-corrected chi connectivity index (χ2v) is 3.97. The molecule has 0 unspecified atom stereocenters. The molecule has 1 aromatic carbocycles. The SMILES string of the molecule is C=C(CC)CN(C)c1ccccc1C(=O)OC. The fourth-order valence-electron chi connectivity index (χ4n) is 1.62. The van der Waals surface area contributed by atoms with Gasteiger partial charge >= 0.3 is 5.97 Å². The van der Waals surface area contributed by atoms with Crippen LogP contribution in [0.3, 0.4) is 0 Å². The highest BCUT2D eigenvalue weighted by Gasteiger charge is 2.14.